The number of halogens is 4. The summed E-state index contributed by atoms with van der Waals surface area (Å²) in [5.41, 5.74) is -0.211. The molecule has 2 aromatic carbocycles. The molecule has 4 rings (SSSR count). The molecule has 0 saturated carbocycles. The lowest BCUT2D eigenvalue weighted by Crippen LogP contribution is -2.25. The van der Waals surface area contributed by atoms with E-state index < -0.39 is 17.6 Å². The molecule has 1 aliphatic rings. The second-order valence-corrected chi connectivity index (χ2v) is 9.57. The molecule has 1 N–H and O–H groups in total. The summed E-state index contributed by atoms with van der Waals surface area (Å²) in [7, 11) is 1.48. The lowest BCUT2D eigenvalue weighted by Gasteiger charge is -2.16. The molecular formula is C22H17ClF3N3O3S2. The summed E-state index contributed by atoms with van der Waals surface area (Å²) in [4.78, 5) is 31.0. The van der Waals surface area contributed by atoms with E-state index in [0.29, 0.717) is 28.4 Å². The fourth-order valence-corrected chi connectivity index (χ4v) is 5.34. The molecule has 12 heteroatoms. The molecule has 0 unspecified atom stereocenters. The number of amides is 1. The van der Waals surface area contributed by atoms with Gasteiger partial charge in [0.1, 0.15) is 5.75 Å². The van der Waals surface area contributed by atoms with Gasteiger partial charge in [-0.25, -0.2) is 4.98 Å². The van der Waals surface area contributed by atoms with Crippen molar-refractivity contribution >= 4 is 46.7 Å². The summed E-state index contributed by atoms with van der Waals surface area (Å²) in [6, 6.07) is 9.63. The van der Waals surface area contributed by atoms with Gasteiger partial charge in [-0.15, -0.1) is 11.8 Å². The van der Waals surface area contributed by atoms with Gasteiger partial charge in [0.25, 0.3) is 5.56 Å². The molecule has 34 heavy (non-hydrogen) atoms. The van der Waals surface area contributed by atoms with Gasteiger partial charge in [0.2, 0.25) is 5.91 Å². The van der Waals surface area contributed by atoms with E-state index in [1.54, 1.807) is 24.3 Å². The van der Waals surface area contributed by atoms with Gasteiger partial charge in [0, 0.05) is 12.2 Å². The lowest BCUT2D eigenvalue weighted by atomic mass is 10.2. The van der Waals surface area contributed by atoms with Crippen LogP contribution in [0.15, 0.2) is 57.3 Å². The van der Waals surface area contributed by atoms with Crippen molar-refractivity contribution in [3.63, 3.8) is 0 Å². The third kappa shape index (κ3) is 5.06. The SMILES string of the molecule is COc1ccccc1-n1c(SCC(=O)Nc2cc(C(F)(F)F)ccc2Cl)nc2c(c1=O)SCC2. The average molecular weight is 528 g/mol. The Morgan fingerprint density at radius 2 is 2.06 bits per heavy atom. The highest BCUT2D eigenvalue weighted by Gasteiger charge is 2.31. The second-order valence-electron chi connectivity index (χ2n) is 7.11. The van der Waals surface area contributed by atoms with Crippen LogP contribution in [0, 0.1) is 0 Å². The van der Waals surface area contributed by atoms with Gasteiger partial charge in [0.15, 0.2) is 5.16 Å². The van der Waals surface area contributed by atoms with Crippen LogP contribution in [0.2, 0.25) is 5.02 Å². The average Bonchev–Trinajstić information content (AvgIpc) is 3.27. The highest BCUT2D eigenvalue weighted by molar-refractivity contribution is 8.00. The number of nitrogens with one attached hydrogen (secondary N) is 1. The van der Waals surface area contributed by atoms with Gasteiger partial charge in [0.05, 0.1) is 45.4 Å². The van der Waals surface area contributed by atoms with Crippen LogP contribution in [0.25, 0.3) is 5.69 Å². The number of fused-ring (bicyclic) bond motifs is 1. The van der Waals surface area contributed by atoms with Gasteiger partial charge in [-0.1, -0.05) is 35.5 Å². The standard InChI is InChI=1S/C22H17ClF3N3O3S2/c1-32-17-5-3-2-4-16(17)29-20(31)19-14(8-9-33-19)28-21(29)34-11-18(30)27-15-10-12(22(24,25)26)6-7-13(15)23/h2-7,10H,8-9,11H2,1H3,(H,27,30). The first-order valence-electron chi connectivity index (χ1n) is 9.90. The van der Waals surface area contributed by atoms with Crippen LogP contribution >= 0.6 is 35.1 Å². The first-order chi connectivity index (χ1) is 16.2. The summed E-state index contributed by atoms with van der Waals surface area (Å²) in [5.74, 6) is 0.380. The molecule has 0 fully saturated rings. The molecule has 2 heterocycles. The van der Waals surface area contributed by atoms with Crippen molar-refractivity contribution in [2.24, 2.45) is 0 Å². The van der Waals surface area contributed by atoms with Crippen molar-refractivity contribution in [3.05, 3.63) is 69.1 Å². The highest BCUT2D eigenvalue weighted by Crippen LogP contribution is 2.35. The molecule has 1 aromatic heterocycles. The van der Waals surface area contributed by atoms with Gasteiger partial charge in [-0.05, 0) is 30.3 Å². The van der Waals surface area contributed by atoms with E-state index in [1.165, 1.54) is 23.4 Å². The number of aromatic nitrogens is 2. The van der Waals surface area contributed by atoms with E-state index >= 15 is 0 Å². The number of thioether (sulfide) groups is 2. The number of hydrogen-bond acceptors (Lipinski definition) is 6. The van der Waals surface area contributed by atoms with Crippen LogP contribution in [0.5, 0.6) is 5.75 Å². The van der Waals surface area contributed by atoms with Crippen molar-refractivity contribution in [3.8, 4) is 11.4 Å². The van der Waals surface area contributed by atoms with Crippen LogP contribution in [0.4, 0.5) is 18.9 Å². The van der Waals surface area contributed by atoms with E-state index in [2.05, 4.69) is 10.3 Å². The maximum absolute atomic E-state index is 13.3. The van der Waals surface area contributed by atoms with E-state index in [0.717, 1.165) is 35.7 Å². The first-order valence-corrected chi connectivity index (χ1v) is 12.3. The number of nitrogens with zero attached hydrogens (tertiary/aromatic N) is 2. The molecule has 1 amide bonds. The topological polar surface area (TPSA) is 73.2 Å². The molecule has 3 aromatic rings. The smallest absolute Gasteiger partial charge is 0.416 e. The molecule has 0 saturated heterocycles. The van der Waals surface area contributed by atoms with Crippen LogP contribution in [0.3, 0.4) is 0 Å². The summed E-state index contributed by atoms with van der Waals surface area (Å²) in [6.07, 6.45) is -3.95. The minimum absolute atomic E-state index is 0.0232. The van der Waals surface area contributed by atoms with E-state index in [9.17, 15) is 22.8 Å². The number of methoxy groups -OCH3 is 1. The molecule has 1 aliphatic heterocycles. The zero-order chi connectivity index (χ0) is 24.5. The minimum Gasteiger partial charge on any atom is -0.495 e. The van der Waals surface area contributed by atoms with Gasteiger partial charge < -0.3 is 10.1 Å². The number of carbonyl (C=O) groups is 1. The Kier molecular flexibility index (Phi) is 7.15. The summed E-state index contributed by atoms with van der Waals surface area (Å²) >= 11 is 8.39. The van der Waals surface area contributed by atoms with E-state index in [4.69, 9.17) is 16.3 Å². The normalized spacial score (nSPS) is 13.0. The lowest BCUT2D eigenvalue weighted by molar-refractivity contribution is -0.137. The van der Waals surface area contributed by atoms with Crippen LogP contribution < -0.4 is 15.6 Å². The Labute approximate surface area is 205 Å². The Hall–Kier alpha value is -2.63. The number of hydrogen-bond donors (Lipinski definition) is 1. The fraction of sp³-hybridized carbons (Fsp3) is 0.227. The number of para-hydroxylation sites is 2. The number of benzene rings is 2. The highest BCUT2D eigenvalue weighted by atomic mass is 35.5. The van der Waals surface area contributed by atoms with E-state index in [1.807, 2.05) is 0 Å². The molecule has 6 nitrogen and oxygen atoms in total. The second kappa shape index (κ2) is 9.93. The Balaban J connectivity index is 1.62. The van der Waals surface area contributed by atoms with Crippen molar-refractivity contribution in [2.45, 2.75) is 22.6 Å². The van der Waals surface area contributed by atoms with Crippen LogP contribution in [-0.4, -0.2) is 34.1 Å². The Morgan fingerprint density at radius 3 is 2.79 bits per heavy atom. The van der Waals surface area contributed by atoms with E-state index in [-0.39, 0.29) is 27.2 Å². The number of anilines is 1. The van der Waals surface area contributed by atoms with Crippen LogP contribution in [0.1, 0.15) is 11.3 Å². The number of carbonyl (C=O) groups excluding carboxylic acids is 1. The van der Waals surface area contributed by atoms with Gasteiger partial charge in [-0.3, -0.25) is 14.2 Å². The number of alkyl halides is 3. The predicted octanol–water partition coefficient (Wildman–Crippen LogP) is 5.29. The van der Waals surface area contributed by atoms with Gasteiger partial charge in [-0.2, -0.15) is 13.2 Å². The van der Waals surface area contributed by atoms with Crippen LogP contribution in [-0.2, 0) is 17.4 Å². The third-order valence-corrected chi connectivity index (χ3v) is 7.27. The fourth-order valence-electron chi connectivity index (χ4n) is 3.33. The molecule has 0 atom stereocenters. The maximum Gasteiger partial charge on any atom is 0.416 e. The number of ether oxygens (including phenoxy) is 1. The molecule has 0 bridgehead atoms. The van der Waals surface area contributed by atoms with Crippen molar-refractivity contribution in [1.29, 1.82) is 0 Å². The Bertz CT molecular complexity index is 1310. The first kappa shape index (κ1) is 24.5. The minimum atomic E-state index is -4.57. The zero-order valence-electron chi connectivity index (χ0n) is 17.6. The Morgan fingerprint density at radius 1 is 1.29 bits per heavy atom. The number of aryl methyl sites for hydroxylation is 1. The van der Waals surface area contributed by atoms with Crippen molar-refractivity contribution in [1.82, 2.24) is 9.55 Å². The summed E-state index contributed by atoms with van der Waals surface area (Å²) in [6.45, 7) is 0. The van der Waals surface area contributed by atoms with Gasteiger partial charge >= 0.3 is 6.18 Å². The third-order valence-electron chi connectivity index (χ3n) is 4.89. The summed E-state index contributed by atoms with van der Waals surface area (Å²) < 4.78 is 45.8. The predicted molar refractivity (Wildman–Crippen MR) is 127 cm³/mol. The van der Waals surface area contributed by atoms with Crippen molar-refractivity contribution in [2.75, 3.05) is 23.9 Å². The zero-order valence-corrected chi connectivity index (χ0v) is 20.0. The monoisotopic (exact) mass is 527 g/mol. The molecule has 0 spiro atoms. The molecule has 178 valence electrons. The summed E-state index contributed by atoms with van der Waals surface area (Å²) in [5, 5.41) is 2.66. The molecular weight excluding hydrogens is 511 g/mol. The molecule has 0 radical (unpaired) electrons. The maximum atomic E-state index is 13.3. The molecule has 0 aliphatic carbocycles. The van der Waals surface area contributed by atoms with Crippen molar-refractivity contribution < 1.29 is 22.7 Å². The quantitative estimate of drug-likeness (QED) is 0.347. The number of rotatable bonds is 6. The largest absolute Gasteiger partial charge is 0.495 e.